The SMILES string of the molecule is NCC(=O)c1cccc2c1OC(F)(F)O2. The average molecular weight is 215 g/mol. The monoisotopic (exact) mass is 215 g/mol. The summed E-state index contributed by atoms with van der Waals surface area (Å²) in [6.45, 7) is -0.272. The van der Waals surface area contributed by atoms with Gasteiger partial charge in [0.1, 0.15) is 0 Å². The fourth-order valence-corrected chi connectivity index (χ4v) is 1.30. The van der Waals surface area contributed by atoms with Crippen LogP contribution in [-0.2, 0) is 0 Å². The number of alkyl halides is 2. The summed E-state index contributed by atoms with van der Waals surface area (Å²) in [6.07, 6.45) is -3.71. The third-order valence-corrected chi connectivity index (χ3v) is 1.91. The minimum absolute atomic E-state index is 0.00664. The summed E-state index contributed by atoms with van der Waals surface area (Å²) in [7, 11) is 0. The number of para-hydroxylation sites is 1. The first-order valence-corrected chi connectivity index (χ1v) is 4.15. The van der Waals surface area contributed by atoms with Crippen molar-refractivity contribution in [1.82, 2.24) is 0 Å². The van der Waals surface area contributed by atoms with Crippen LogP contribution in [0, 0.1) is 0 Å². The maximum Gasteiger partial charge on any atom is 0.586 e. The molecule has 4 nitrogen and oxygen atoms in total. The summed E-state index contributed by atoms with van der Waals surface area (Å²) in [5.74, 6) is -0.884. The molecule has 0 saturated carbocycles. The van der Waals surface area contributed by atoms with Crippen molar-refractivity contribution >= 4 is 5.78 Å². The van der Waals surface area contributed by atoms with Crippen LogP contribution in [0.4, 0.5) is 8.78 Å². The number of hydrogen-bond acceptors (Lipinski definition) is 4. The molecule has 0 bridgehead atoms. The van der Waals surface area contributed by atoms with Crippen LogP contribution in [0.5, 0.6) is 11.5 Å². The van der Waals surface area contributed by atoms with Gasteiger partial charge in [-0.15, -0.1) is 8.78 Å². The van der Waals surface area contributed by atoms with Crippen LogP contribution in [0.2, 0.25) is 0 Å². The van der Waals surface area contributed by atoms with Gasteiger partial charge in [0.15, 0.2) is 17.3 Å². The largest absolute Gasteiger partial charge is 0.586 e. The third-order valence-electron chi connectivity index (χ3n) is 1.91. The van der Waals surface area contributed by atoms with Gasteiger partial charge >= 0.3 is 6.29 Å². The summed E-state index contributed by atoms with van der Waals surface area (Å²) >= 11 is 0. The van der Waals surface area contributed by atoms with Crippen molar-refractivity contribution in [1.29, 1.82) is 0 Å². The minimum atomic E-state index is -3.71. The van der Waals surface area contributed by atoms with E-state index in [0.29, 0.717) is 0 Å². The van der Waals surface area contributed by atoms with Gasteiger partial charge in [-0.1, -0.05) is 6.07 Å². The van der Waals surface area contributed by atoms with E-state index in [1.807, 2.05) is 0 Å². The molecule has 2 rings (SSSR count). The lowest BCUT2D eigenvalue weighted by Gasteiger charge is -2.05. The molecule has 0 fully saturated rings. The molecular weight excluding hydrogens is 208 g/mol. The van der Waals surface area contributed by atoms with Gasteiger partial charge in [0.2, 0.25) is 0 Å². The lowest BCUT2D eigenvalue weighted by atomic mass is 10.1. The van der Waals surface area contributed by atoms with Crippen LogP contribution in [-0.4, -0.2) is 18.6 Å². The van der Waals surface area contributed by atoms with Crippen molar-refractivity contribution in [3.63, 3.8) is 0 Å². The van der Waals surface area contributed by atoms with Gasteiger partial charge < -0.3 is 15.2 Å². The summed E-state index contributed by atoms with van der Waals surface area (Å²) in [5.41, 5.74) is 5.14. The molecule has 1 aromatic rings. The number of benzene rings is 1. The molecule has 1 heterocycles. The lowest BCUT2D eigenvalue weighted by molar-refractivity contribution is -0.286. The summed E-state index contributed by atoms with van der Waals surface area (Å²) < 4.78 is 33.8. The summed E-state index contributed by atoms with van der Waals surface area (Å²) in [5, 5.41) is 0. The van der Waals surface area contributed by atoms with Crippen LogP contribution in [0.25, 0.3) is 0 Å². The number of ether oxygens (including phenoxy) is 2. The van der Waals surface area contributed by atoms with E-state index in [1.54, 1.807) is 0 Å². The van der Waals surface area contributed by atoms with Crippen molar-refractivity contribution in [3.8, 4) is 11.5 Å². The smallest absolute Gasteiger partial charge is 0.395 e. The zero-order valence-electron chi connectivity index (χ0n) is 7.50. The third kappa shape index (κ3) is 1.63. The first-order valence-electron chi connectivity index (χ1n) is 4.15. The molecule has 0 spiro atoms. The topological polar surface area (TPSA) is 61.6 Å². The van der Waals surface area contributed by atoms with E-state index in [2.05, 4.69) is 9.47 Å². The standard InChI is InChI=1S/C9H7F2NO3/c10-9(11)14-7-3-1-2-5(6(13)4-12)8(7)15-9/h1-3H,4,12H2. The highest BCUT2D eigenvalue weighted by atomic mass is 19.3. The van der Waals surface area contributed by atoms with Crippen molar-refractivity contribution in [2.75, 3.05) is 6.54 Å². The second-order valence-corrected chi connectivity index (χ2v) is 2.93. The molecule has 0 unspecified atom stereocenters. The molecule has 0 aromatic heterocycles. The van der Waals surface area contributed by atoms with E-state index in [0.717, 1.165) is 0 Å². The first kappa shape index (κ1) is 9.85. The fraction of sp³-hybridized carbons (Fsp3) is 0.222. The molecule has 15 heavy (non-hydrogen) atoms. The highest BCUT2D eigenvalue weighted by Crippen LogP contribution is 2.43. The van der Waals surface area contributed by atoms with E-state index in [1.165, 1.54) is 18.2 Å². The molecule has 1 aliphatic heterocycles. The molecule has 0 atom stereocenters. The molecule has 80 valence electrons. The number of rotatable bonds is 2. The van der Waals surface area contributed by atoms with Crippen molar-refractivity contribution in [2.24, 2.45) is 5.73 Å². The maximum atomic E-state index is 12.7. The highest BCUT2D eigenvalue weighted by molar-refractivity contribution is 6.00. The predicted octanol–water partition coefficient (Wildman–Crippen LogP) is 1.15. The molecule has 1 aromatic carbocycles. The molecular formula is C9H7F2NO3. The van der Waals surface area contributed by atoms with Crippen molar-refractivity contribution < 1.29 is 23.0 Å². The van der Waals surface area contributed by atoms with Crippen LogP contribution < -0.4 is 15.2 Å². The number of nitrogens with two attached hydrogens (primary N) is 1. The van der Waals surface area contributed by atoms with Gasteiger partial charge in [0.25, 0.3) is 0 Å². The van der Waals surface area contributed by atoms with Gasteiger partial charge in [-0.25, -0.2) is 0 Å². The zero-order chi connectivity index (χ0) is 11.1. The first-order chi connectivity index (χ1) is 7.03. The van der Waals surface area contributed by atoms with E-state index in [9.17, 15) is 13.6 Å². The number of carbonyl (C=O) groups excluding carboxylic acids is 1. The molecule has 2 N–H and O–H groups in total. The second-order valence-electron chi connectivity index (χ2n) is 2.93. The maximum absolute atomic E-state index is 12.7. The van der Waals surface area contributed by atoms with Gasteiger partial charge in [-0.05, 0) is 12.1 Å². The Morgan fingerprint density at radius 2 is 2.13 bits per heavy atom. The number of ketones is 1. The minimum Gasteiger partial charge on any atom is -0.395 e. The van der Waals surface area contributed by atoms with Crippen LogP contribution in [0.3, 0.4) is 0 Å². The predicted molar refractivity (Wildman–Crippen MR) is 46.0 cm³/mol. The Morgan fingerprint density at radius 3 is 2.80 bits per heavy atom. The second kappa shape index (κ2) is 3.16. The van der Waals surface area contributed by atoms with Crippen LogP contribution in [0.1, 0.15) is 10.4 Å². The molecule has 0 saturated heterocycles. The zero-order valence-corrected chi connectivity index (χ0v) is 7.50. The van der Waals surface area contributed by atoms with Gasteiger partial charge in [-0.3, -0.25) is 4.79 Å². The Hall–Kier alpha value is -1.69. The fourth-order valence-electron chi connectivity index (χ4n) is 1.30. The normalized spacial score (nSPS) is 16.5. The van der Waals surface area contributed by atoms with Crippen LogP contribution in [0.15, 0.2) is 18.2 Å². The molecule has 0 amide bonds. The number of hydrogen-bond donors (Lipinski definition) is 1. The average Bonchev–Trinajstić information content (AvgIpc) is 2.49. The Kier molecular flexibility index (Phi) is 2.08. The van der Waals surface area contributed by atoms with Crippen molar-refractivity contribution in [3.05, 3.63) is 23.8 Å². The van der Waals surface area contributed by atoms with E-state index >= 15 is 0 Å². The lowest BCUT2D eigenvalue weighted by Crippen LogP contribution is -2.26. The number of Topliss-reactive ketones (excluding diaryl/α,β-unsaturated/α-hetero) is 1. The van der Waals surface area contributed by atoms with E-state index in [-0.39, 0.29) is 23.6 Å². The van der Waals surface area contributed by atoms with Crippen LogP contribution >= 0.6 is 0 Å². The van der Waals surface area contributed by atoms with Crippen molar-refractivity contribution in [2.45, 2.75) is 6.29 Å². The Balaban J connectivity index is 2.46. The number of carbonyl (C=O) groups is 1. The Bertz CT molecular complexity index is 420. The van der Waals surface area contributed by atoms with Gasteiger partial charge in [0, 0.05) is 0 Å². The van der Waals surface area contributed by atoms with Gasteiger partial charge in [-0.2, -0.15) is 0 Å². The molecule has 0 radical (unpaired) electrons. The summed E-state index contributed by atoms with van der Waals surface area (Å²) in [4.78, 5) is 11.3. The number of halogens is 2. The van der Waals surface area contributed by atoms with E-state index < -0.39 is 12.1 Å². The van der Waals surface area contributed by atoms with Gasteiger partial charge in [0.05, 0.1) is 12.1 Å². The quantitative estimate of drug-likeness (QED) is 0.751. The molecule has 1 aliphatic rings. The van der Waals surface area contributed by atoms with E-state index in [4.69, 9.17) is 5.73 Å². The Labute approximate surface area is 83.6 Å². The number of fused-ring (bicyclic) bond motifs is 1. The molecule has 6 heteroatoms. The summed E-state index contributed by atoms with van der Waals surface area (Å²) in [6, 6.07) is 4.08. The Morgan fingerprint density at radius 1 is 1.40 bits per heavy atom. The molecule has 0 aliphatic carbocycles. The highest BCUT2D eigenvalue weighted by Gasteiger charge is 2.44.